The van der Waals surface area contributed by atoms with E-state index in [-0.39, 0.29) is 11.9 Å². The fourth-order valence-corrected chi connectivity index (χ4v) is 3.21. The minimum atomic E-state index is 0.0743. The molecule has 1 amide bonds. The van der Waals surface area contributed by atoms with Gasteiger partial charge in [0, 0.05) is 45.6 Å². The summed E-state index contributed by atoms with van der Waals surface area (Å²) in [6.07, 6.45) is 4.49. The molecule has 0 spiro atoms. The zero-order chi connectivity index (χ0) is 13.9. The van der Waals surface area contributed by atoms with Crippen LogP contribution in [-0.2, 0) is 16.1 Å². The second kappa shape index (κ2) is 5.93. The Morgan fingerprint density at radius 1 is 1.50 bits per heavy atom. The van der Waals surface area contributed by atoms with Crippen molar-refractivity contribution in [1.29, 1.82) is 0 Å². The third kappa shape index (κ3) is 2.71. The minimum absolute atomic E-state index is 0.0743. The Bertz CT molecular complexity index is 467. The van der Waals surface area contributed by atoms with Gasteiger partial charge in [-0.05, 0) is 18.9 Å². The Balaban J connectivity index is 1.75. The lowest BCUT2D eigenvalue weighted by molar-refractivity contribution is -0.121. The summed E-state index contributed by atoms with van der Waals surface area (Å²) in [7, 11) is 1.69. The highest BCUT2D eigenvalue weighted by atomic mass is 16.5. The van der Waals surface area contributed by atoms with Crippen molar-refractivity contribution in [3.8, 4) is 0 Å². The van der Waals surface area contributed by atoms with E-state index in [9.17, 15) is 4.79 Å². The van der Waals surface area contributed by atoms with Crippen LogP contribution in [0.1, 0.15) is 31.0 Å². The predicted molar refractivity (Wildman–Crippen MR) is 74.2 cm³/mol. The highest BCUT2D eigenvalue weighted by Crippen LogP contribution is 2.27. The van der Waals surface area contributed by atoms with Crippen molar-refractivity contribution in [2.24, 2.45) is 0 Å². The zero-order valence-corrected chi connectivity index (χ0v) is 11.9. The smallest absolute Gasteiger partial charge is 0.221 e. The Morgan fingerprint density at radius 3 is 3.05 bits per heavy atom. The van der Waals surface area contributed by atoms with Crippen molar-refractivity contribution in [3.05, 3.63) is 18.0 Å². The highest BCUT2D eigenvalue weighted by molar-refractivity contribution is 5.76. The quantitative estimate of drug-likeness (QED) is 0.877. The molecule has 1 unspecified atom stereocenters. The normalized spacial score (nSPS) is 24.4. The maximum absolute atomic E-state index is 11.7. The van der Waals surface area contributed by atoms with Crippen molar-refractivity contribution in [2.75, 3.05) is 26.8 Å². The third-order valence-corrected chi connectivity index (χ3v) is 4.32. The standard InChI is InChI=1S/C14H22N4O2/c1-15-14(19)8-13-10-17(11-3-6-20-7-4-11)9-12-2-5-16-18(12)13/h2,5,11,13H,3-4,6-10H2,1H3,(H,15,19). The molecule has 0 radical (unpaired) electrons. The van der Waals surface area contributed by atoms with E-state index in [4.69, 9.17) is 4.74 Å². The fourth-order valence-electron chi connectivity index (χ4n) is 3.21. The second-order valence-electron chi connectivity index (χ2n) is 5.57. The molecular weight excluding hydrogens is 256 g/mol. The molecule has 20 heavy (non-hydrogen) atoms. The Labute approximate surface area is 119 Å². The van der Waals surface area contributed by atoms with E-state index in [1.165, 1.54) is 5.69 Å². The van der Waals surface area contributed by atoms with Crippen LogP contribution in [0.2, 0.25) is 0 Å². The van der Waals surface area contributed by atoms with Gasteiger partial charge in [0.2, 0.25) is 5.91 Å². The van der Waals surface area contributed by atoms with Crippen LogP contribution < -0.4 is 5.32 Å². The van der Waals surface area contributed by atoms with Crippen molar-refractivity contribution in [3.63, 3.8) is 0 Å². The molecule has 0 aliphatic carbocycles. The third-order valence-electron chi connectivity index (χ3n) is 4.32. The van der Waals surface area contributed by atoms with Crippen LogP contribution in [0.15, 0.2) is 12.3 Å². The molecule has 110 valence electrons. The summed E-state index contributed by atoms with van der Waals surface area (Å²) in [6.45, 7) is 3.52. The molecule has 3 heterocycles. The Hall–Kier alpha value is -1.40. The minimum Gasteiger partial charge on any atom is -0.381 e. The number of hydrogen-bond acceptors (Lipinski definition) is 4. The van der Waals surface area contributed by atoms with E-state index in [1.807, 2.05) is 10.9 Å². The number of amides is 1. The first-order valence-electron chi connectivity index (χ1n) is 7.32. The number of fused-ring (bicyclic) bond motifs is 1. The van der Waals surface area contributed by atoms with Crippen LogP contribution in [0.5, 0.6) is 0 Å². The maximum Gasteiger partial charge on any atom is 0.221 e. The van der Waals surface area contributed by atoms with Gasteiger partial charge >= 0.3 is 0 Å². The lowest BCUT2D eigenvalue weighted by atomic mass is 10.0. The van der Waals surface area contributed by atoms with Crippen LogP contribution in [0.25, 0.3) is 0 Å². The van der Waals surface area contributed by atoms with Gasteiger partial charge in [-0.1, -0.05) is 0 Å². The van der Waals surface area contributed by atoms with E-state index >= 15 is 0 Å². The van der Waals surface area contributed by atoms with E-state index in [1.54, 1.807) is 7.05 Å². The lowest BCUT2D eigenvalue weighted by Crippen LogP contribution is -2.46. The molecule has 1 fully saturated rings. The lowest BCUT2D eigenvalue weighted by Gasteiger charge is -2.40. The summed E-state index contributed by atoms with van der Waals surface area (Å²) in [6, 6.07) is 2.76. The molecule has 1 N–H and O–H groups in total. The zero-order valence-electron chi connectivity index (χ0n) is 11.9. The van der Waals surface area contributed by atoms with Crippen molar-refractivity contribution >= 4 is 5.91 Å². The van der Waals surface area contributed by atoms with Gasteiger partial charge in [0.05, 0.1) is 18.2 Å². The summed E-state index contributed by atoms with van der Waals surface area (Å²) < 4.78 is 7.46. The molecule has 6 heteroatoms. The second-order valence-corrected chi connectivity index (χ2v) is 5.57. The molecular formula is C14H22N4O2. The number of hydrogen-bond donors (Lipinski definition) is 1. The maximum atomic E-state index is 11.7. The van der Waals surface area contributed by atoms with Crippen LogP contribution in [-0.4, -0.2) is 53.4 Å². The van der Waals surface area contributed by atoms with Gasteiger partial charge in [0.15, 0.2) is 0 Å². The molecule has 1 aromatic rings. The van der Waals surface area contributed by atoms with Gasteiger partial charge < -0.3 is 10.1 Å². The monoisotopic (exact) mass is 278 g/mol. The first-order chi connectivity index (χ1) is 9.78. The van der Waals surface area contributed by atoms with Crippen LogP contribution in [0.4, 0.5) is 0 Å². The van der Waals surface area contributed by atoms with Crippen molar-refractivity contribution in [1.82, 2.24) is 20.0 Å². The van der Waals surface area contributed by atoms with Crippen LogP contribution >= 0.6 is 0 Å². The molecule has 6 nitrogen and oxygen atoms in total. The molecule has 3 rings (SSSR count). The fraction of sp³-hybridized carbons (Fsp3) is 0.714. The molecule has 1 atom stereocenters. The Kier molecular flexibility index (Phi) is 4.03. The first kappa shape index (κ1) is 13.6. The molecule has 2 aliphatic heterocycles. The van der Waals surface area contributed by atoms with Crippen LogP contribution in [0.3, 0.4) is 0 Å². The highest BCUT2D eigenvalue weighted by Gasteiger charge is 2.31. The van der Waals surface area contributed by atoms with E-state index < -0.39 is 0 Å². The van der Waals surface area contributed by atoms with Gasteiger partial charge in [0.1, 0.15) is 0 Å². The molecule has 2 aliphatic rings. The SMILES string of the molecule is CNC(=O)CC1CN(C2CCOCC2)Cc2ccnn21. The number of carbonyl (C=O) groups excluding carboxylic acids is 1. The topological polar surface area (TPSA) is 59.4 Å². The van der Waals surface area contributed by atoms with Crippen molar-refractivity contribution < 1.29 is 9.53 Å². The molecule has 0 aromatic carbocycles. The summed E-state index contributed by atoms with van der Waals surface area (Å²) >= 11 is 0. The number of nitrogens with one attached hydrogen (secondary N) is 1. The summed E-state index contributed by atoms with van der Waals surface area (Å²) in [5, 5.41) is 7.10. The molecule has 0 saturated carbocycles. The van der Waals surface area contributed by atoms with E-state index in [0.29, 0.717) is 12.5 Å². The number of nitrogens with zero attached hydrogens (tertiary/aromatic N) is 3. The number of ether oxygens (including phenoxy) is 1. The molecule has 0 bridgehead atoms. The van der Waals surface area contributed by atoms with Gasteiger partial charge in [-0.25, -0.2) is 0 Å². The average molecular weight is 278 g/mol. The summed E-state index contributed by atoms with van der Waals surface area (Å²) in [5.74, 6) is 0.0743. The van der Waals surface area contributed by atoms with Crippen molar-refractivity contribution in [2.45, 2.75) is 37.9 Å². The average Bonchev–Trinajstić information content (AvgIpc) is 2.96. The van der Waals surface area contributed by atoms with Gasteiger partial charge in [-0.3, -0.25) is 14.4 Å². The molecule has 1 aromatic heterocycles. The first-order valence-corrected chi connectivity index (χ1v) is 7.32. The predicted octanol–water partition coefficient (Wildman–Crippen LogP) is 0.555. The largest absolute Gasteiger partial charge is 0.381 e. The number of rotatable bonds is 3. The molecule has 1 saturated heterocycles. The van der Waals surface area contributed by atoms with Gasteiger partial charge in [-0.15, -0.1) is 0 Å². The summed E-state index contributed by atoms with van der Waals surface area (Å²) in [4.78, 5) is 14.2. The van der Waals surface area contributed by atoms with Gasteiger partial charge in [-0.2, -0.15) is 5.10 Å². The number of carbonyl (C=O) groups is 1. The Morgan fingerprint density at radius 2 is 2.30 bits per heavy atom. The number of aromatic nitrogens is 2. The van der Waals surface area contributed by atoms with E-state index in [0.717, 1.165) is 39.1 Å². The van der Waals surface area contributed by atoms with Crippen LogP contribution in [0, 0.1) is 0 Å². The van der Waals surface area contributed by atoms with Gasteiger partial charge in [0.25, 0.3) is 0 Å². The summed E-state index contributed by atoms with van der Waals surface area (Å²) in [5.41, 5.74) is 1.21. The van der Waals surface area contributed by atoms with E-state index in [2.05, 4.69) is 21.4 Å².